The number of aromatic nitrogens is 2. The number of nitrogens with zero attached hydrogens (tertiary/aromatic N) is 4. The molecule has 2 rings (SSSR count). The Morgan fingerprint density at radius 1 is 1.53 bits per heavy atom. The average molecular weight is 340 g/mol. The molecule has 17 heavy (non-hydrogen) atoms. The van der Waals surface area contributed by atoms with Gasteiger partial charge in [-0.3, -0.25) is 14.7 Å². The first-order valence-corrected chi connectivity index (χ1v) is 5.59. The van der Waals surface area contributed by atoms with E-state index in [9.17, 15) is 10.1 Å². The molecule has 0 unspecified atom stereocenters. The Kier molecular flexibility index (Phi) is 3.06. The van der Waals surface area contributed by atoms with Crippen LogP contribution in [0.5, 0.6) is 0 Å². The van der Waals surface area contributed by atoms with Gasteiger partial charge in [-0.25, -0.2) is 4.98 Å². The number of hydrogen-bond acceptors (Lipinski definition) is 4. The summed E-state index contributed by atoms with van der Waals surface area (Å²) in [6.07, 6.45) is 2.95. The molecule has 1 heterocycles. The molecule has 1 aromatic carbocycles. The summed E-state index contributed by atoms with van der Waals surface area (Å²) in [6.45, 7) is 0. The smallest absolute Gasteiger partial charge is 0.285 e. The minimum absolute atomic E-state index is 0.0496. The molecule has 7 heteroatoms. The molecule has 0 aliphatic heterocycles. The Bertz CT molecular complexity index is 629. The van der Waals surface area contributed by atoms with Gasteiger partial charge in [0.2, 0.25) is 5.82 Å². The van der Waals surface area contributed by atoms with Crippen molar-refractivity contribution < 1.29 is 4.92 Å². The van der Waals surface area contributed by atoms with Crippen LogP contribution in [0, 0.1) is 25.0 Å². The zero-order chi connectivity index (χ0) is 12.4. The second-order valence-corrected chi connectivity index (χ2v) is 4.37. The van der Waals surface area contributed by atoms with Crippen LogP contribution in [0.25, 0.3) is 5.69 Å². The Labute approximate surface area is 110 Å². The van der Waals surface area contributed by atoms with Crippen LogP contribution >= 0.6 is 22.6 Å². The first-order chi connectivity index (χ1) is 8.13. The van der Waals surface area contributed by atoms with E-state index in [4.69, 9.17) is 5.26 Å². The van der Waals surface area contributed by atoms with Crippen LogP contribution in [0.4, 0.5) is 5.69 Å². The Morgan fingerprint density at radius 3 is 2.94 bits per heavy atom. The summed E-state index contributed by atoms with van der Waals surface area (Å²) in [4.78, 5) is 14.3. The molecule has 0 fully saturated rings. The Hall–Kier alpha value is -1.95. The standard InChI is InChI=1S/C10H5IN4O2/c11-7-1-2-8(9(5-7)15(16)17)14-4-3-13-10(14)6-12/h1-5H. The molecule has 0 bridgehead atoms. The van der Waals surface area contributed by atoms with Gasteiger partial charge in [0.05, 0.1) is 4.92 Å². The van der Waals surface area contributed by atoms with Crippen molar-refractivity contribution in [2.24, 2.45) is 0 Å². The fourth-order valence-electron chi connectivity index (χ4n) is 1.43. The highest BCUT2D eigenvalue weighted by Gasteiger charge is 2.17. The van der Waals surface area contributed by atoms with Gasteiger partial charge in [-0.1, -0.05) is 0 Å². The molecule has 0 aliphatic rings. The zero-order valence-corrected chi connectivity index (χ0v) is 10.5. The Morgan fingerprint density at radius 2 is 2.29 bits per heavy atom. The molecule has 0 saturated carbocycles. The third kappa shape index (κ3) is 2.12. The number of nitriles is 1. The fourth-order valence-corrected chi connectivity index (χ4v) is 1.90. The second kappa shape index (κ2) is 4.50. The average Bonchev–Trinajstić information content (AvgIpc) is 2.76. The van der Waals surface area contributed by atoms with Crippen LogP contribution in [0.15, 0.2) is 30.6 Å². The van der Waals surface area contributed by atoms with Gasteiger partial charge in [-0.05, 0) is 34.7 Å². The van der Waals surface area contributed by atoms with E-state index in [-0.39, 0.29) is 11.5 Å². The number of imidazole rings is 1. The van der Waals surface area contributed by atoms with Crippen molar-refractivity contribution in [1.82, 2.24) is 9.55 Å². The van der Waals surface area contributed by atoms with E-state index in [2.05, 4.69) is 4.98 Å². The lowest BCUT2D eigenvalue weighted by Crippen LogP contribution is -2.02. The molecule has 0 aliphatic carbocycles. The molecule has 0 amide bonds. The topological polar surface area (TPSA) is 84.8 Å². The summed E-state index contributed by atoms with van der Waals surface area (Å²) in [5, 5.41) is 19.8. The molecule has 0 radical (unpaired) electrons. The molecule has 84 valence electrons. The summed E-state index contributed by atoms with van der Waals surface area (Å²) in [7, 11) is 0. The maximum atomic E-state index is 11.0. The molecule has 0 atom stereocenters. The maximum absolute atomic E-state index is 11.0. The first-order valence-electron chi connectivity index (χ1n) is 4.51. The molecule has 0 N–H and O–H groups in total. The van der Waals surface area contributed by atoms with Crippen LogP contribution in [-0.4, -0.2) is 14.5 Å². The van der Waals surface area contributed by atoms with Gasteiger partial charge in [-0.15, -0.1) is 0 Å². The summed E-state index contributed by atoms with van der Waals surface area (Å²) >= 11 is 2.00. The van der Waals surface area contributed by atoms with Gasteiger partial charge in [0, 0.05) is 22.0 Å². The summed E-state index contributed by atoms with van der Waals surface area (Å²) in [5.74, 6) is 0.120. The predicted molar refractivity (Wildman–Crippen MR) is 67.7 cm³/mol. The van der Waals surface area contributed by atoms with E-state index in [1.807, 2.05) is 28.7 Å². The maximum Gasteiger partial charge on any atom is 0.294 e. The van der Waals surface area contributed by atoms with E-state index in [1.165, 1.54) is 23.0 Å². The van der Waals surface area contributed by atoms with Gasteiger partial charge < -0.3 is 0 Å². The van der Waals surface area contributed by atoms with E-state index in [0.29, 0.717) is 5.69 Å². The largest absolute Gasteiger partial charge is 0.294 e. The SMILES string of the molecule is N#Cc1nccn1-c1ccc(I)cc1[N+](=O)[O-]. The number of benzene rings is 1. The molecular weight excluding hydrogens is 335 g/mol. The highest BCUT2D eigenvalue weighted by molar-refractivity contribution is 14.1. The summed E-state index contributed by atoms with van der Waals surface area (Å²) < 4.78 is 2.16. The van der Waals surface area contributed by atoms with Crippen LogP contribution in [0.3, 0.4) is 0 Å². The van der Waals surface area contributed by atoms with Crippen molar-refractivity contribution >= 4 is 28.3 Å². The summed E-state index contributed by atoms with van der Waals surface area (Å²) in [5.41, 5.74) is 0.288. The summed E-state index contributed by atoms with van der Waals surface area (Å²) in [6, 6.07) is 6.68. The highest BCUT2D eigenvalue weighted by Crippen LogP contribution is 2.25. The monoisotopic (exact) mass is 340 g/mol. The molecule has 1 aromatic heterocycles. The van der Waals surface area contributed by atoms with Crippen molar-refractivity contribution in [3.63, 3.8) is 0 Å². The van der Waals surface area contributed by atoms with Crippen LogP contribution in [-0.2, 0) is 0 Å². The number of rotatable bonds is 2. The third-order valence-corrected chi connectivity index (χ3v) is 2.81. The minimum Gasteiger partial charge on any atom is -0.285 e. The minimum atomic E-state index is -0.474. The molecule has 6 nitrogen and oxygen atoms in total. The van der Waals surface area contributed by atoms with Gasteiger partial charge in [0.1, 0.15) is 11.8 Å². The van der Waals surface area contributed by atoms with E-state index >= 15 is 0 Å². The first kappa shape index (κ1) is 11.5. The Balaban J connectivity index is 2.68. The fraction of sp³-hybridized carbons (Fsp3) is 0. The zero-order valence-electron chi connectivity index (χ0n) is 8.37. The highest BCUT2D eigenvalue weighted by atomic mass is 127. The van der Waals surface area contributed by atoms with E-state index < -0.39 is 4.92 Å². The number of nitro benzene ring substituents is 1. The lowest BCUT2D eigenvalue weighted by atomic mass is 10.2. The lowest BCUT2D eigenvalue weighted by molar-refractivity contribution is -0.384. The van der Waals surface area contributed by atoms with Crippen LogP contribution in [0.1, 0.15) is 5.82 Å². The van der Waals surface area contributed by atoms with E-state index in [1.54, 1.807) is 12.1 Å². The van der Waals surface area contributed by atoms with Crippen molar-refractivity contribution in [2.75, 3.05) is 0 Å². The van der Waals surface area contributed by atoms with Crippen molar-refractivity contribution in [1.29, 1.82) is 5.26 Å². The number of hydrogen-bond donors (Lipinski definition) is 0. The molecule has 0 saturated heterocycles. The molecule has 0 spiro atoms. The third-order valence-electron chi connectivity index (χ3n) is 2.13. The van der Waals surface area contributed by atoms with Gasteiger partial charge in [0.25, 0.3) is 5.69 Å². The number of halogens is 1. The van der Waals surface area contributed by atoms with Gasteiger partial charge in [-0.2, -0.15) is 5.26 Å². The molecular formula is C10H5IN4O2. The second-order valence-electron chi connectivity index (χ2n) is 3.12. The van der Waals surface area contributed by atoms with Gasteiger partial charge >= 0.3 is 0 Å². The van der Waals surface area contributed by atoms with Crippen LogP contribution < -0.4 is 0 Å². The van der Waals surface area contributed by atoms with Crippen molar-refractivity contribution in [3.05, 3.63) is 50.1 Å². The quantitative estimate of drug-likeness (QED) is 0.477. The van der Waals surface area contributed by atoms with Crippen LogP contribution in [0.2, 0.25) is 0 Å². The number of nitro groups is 1. The predicted octanol–water partition coefficient (Wildman–Crippen LogP) is 2.26. The van der Waals surface area contributed by atoms with Crippen molar-refractivity contribution in [2.45, 2.75) is 0 Å². The normalized spacial score (nSPS) is 9.88. The van der Waals surface area contributed by atoms with E-state index in [0.717, 1.165) is 3.57 Å². The van der Waals surface area contributed by atoms with Gasteiger partial charge in [0.15, 0.2) is 0 Å². The van der Waals surface area contributed by atoms with Crippen molar-refractivity contribution in [3.8, 4) is 11.8 Å². The lowest BCUT2D eigenvalue weighted by Gasteiger charge is -2.04. The molecule has 2 aromatic rings.